The van der Waals surface area contributed by atoms with E-state index in [-0.39, 0.29) is 17.8 Å². The number of rotatable bonds is 2. The highest BCUT2D eigenvalue weighted by molar-refractivity contribution is 9.10. The average molecular weight is 428 g/mol. The van der Waals surface area contributed by atoms with Gasteiger partial charge in [-0.05, 0) is 48.4 Å². The minimum atomic E-state index is -0.468. The number of para-hydroxylation sites is 1. The van der Waals surface area contributed by atoms with Crippen LogP contribution in [0.3, 0.4) is 0 Å². The Balaban J connectivity index is 1.72. The number of carbonyl (C=O) groups is 1. The van der Waals surface area contributed by atoms with Crippen LogP contribution in [0.2, 0.25) is 0 Å². The molecule has 1 aliphatic rings. The number of hydrogen-bond acceptors (Lipinski definition) is 1. The lowest BCUT2D eigenvalue weighted by molar-refractivity contribution is 0.181. The van der Waals surface area contributed by atoms with Gasteiger partial charge >= 0.3 is 6.03 Å². The molecule has 4 nitrogen and oxygen atoms in total. The number of nitrogens with zero attached hydrogens (tertiary/aromatic N) is 2. The molecule has 1 aromatic heterocycles. The summed E-state index contributed by atoms with van der Waals surface area (Å²) in [5.74, 6) is -0.468. The molecule has 2 aromatic carbocycles. The molecule has 2 heterocycles. The monoisotopic (exact) mass is 427 g/mol. The molecule has 3 aromatic rings. The number of anilines is 1. The zero-order valence-corrected chi connectivity index (χ0v) is 16.4. The Kier molecular flexibility index (Phi) is 4.74. The molecule has 0 saturated carbocycles. The standard InChI is InChI=1S/C21H19BrFN3O/c1-2-18-20-8-5-11-25(20)19-7-4-3-6-14(19)13-26(18)21(27)24-17-10-9-15(22)12-16(17)23/h3-12,18H,2,13H2,1H3,(H,24,27)/t18-/m1/s1. The molecule has 0 unspecified atom stereocenters. The summed E-state index contributed by atoms with van der Waals surface area (Å²) in [5, 5.41) is 2.73. The molecule has 0 bridgehead atoms. The number of benzene rings is 2. The largest absolute Gasteiger partial charge is 0.322 e. The maximum atomic E-state index is 14.2. The van der Waals surface area contributed by atoms with Crippen LogP contribution in [-0.4, -0.2) is 15.5 Å². The van der Waals surface area contributed by atoms with Gasteiger partial charge in [-0.15, -0.1) is 0 Å². The molecule has 0 aliphatic carbocycles. The quantitative estimate of drug-likeness (QED) is 0.544. The first-order chi connectivity index (χ1) is 13.1. The summed E-state index contributed by atoms with van der Waals surface area (Å²) in [6.45, 7) is 2.51. The van der Waals surface area contributed by atoms with Gasteiger partial charge in [0.25, 0.3) is 0 Å². The molecule has 6 heteroatoms. The van der Waals surface area contributed by atoms with Crippen molar-refractivity contribution in [2.45, 2.75) is 25.9 Å². The lowest BCUT2D eigenvalue weighted by Gasteiger charge is -2.29. The van der Waals surface area contributed by atoms with Crippen molar-refractivity contribution in [3.8, 4) is 5.69 Å². The number of carbonyl (C=O) groups excluding carboxylic acids is 1. The number of hydrogen-bond donors (Lipinski definition) is 1. The van der Waals surface area contributed by atoms with E-state index in [1.54, 1.807) is 17.0 Å². The lowest BCUT2D eigenvalue weighted by Crippen LogP contribution is -2.37. The van der Waals surface area contributed by atoms with Crippen molar-refractivity contribution in [1.29, 1.82) is 0 Å². The summed E-state index contributed by atoms with van der Waals surface area (Å²) < 4.78 is 17.0. The van der Waals surface area contributed by atoms with Crippen LogP contribution in [0.4, 0.5) is 14.9 Å². The topological polar surface area (TPSA) is 37.3 Å². The highest BCUT2D eigenvalue weighted by Gasteiger charge is 2.30. The maximum absolute atomic E-state index is 14.2. The maximum Gasteiger partial charge on any atom is 0.322 e. The Morgan fingerprint density at radius 2 is 2.04 bits per heavy atom. The average Bonchev–Trinajstić information content (AvgIpc) is 3.08. The summed E-state index contributed by atoms with van der Waals surface area (Å²) in [7, 11) is 0. The van der Waals surface area contributed by atoms with Gasteiger partial charge in [-0.25, -0.2) is 9.18 Å². The SMILES string of the molecule is CC[C@@H]1c2cccn2-c2ccccc2CN1C(=O)Nc1ccc(Br)cc1F. The normalized spacial score (nSPS) is 15.7. The fourth-order valence-electron chi connectivity index (χ4n) is 3.64. The van der Waals surface area contributed by atoms with Gasteiger partial charge in [-0.3, -0.25) is 0 Å². The number of halogens is 2. The number of fused-ring (bicyclic) bond motifs is 3. The van der Waals surface area contributed by atoms with Crippen LogP contribution >= 0.6 is 15.9 Å². The van der Waals surface area contributed by atoms with E-state index in [0.717, 1.165) is 23.4 Å². The molecule has 0 saturated heterocycles. The van der Waals surface area contributed by atoms with Gasteiger partial charge in [-0.2, -0.15) is 0 Å². The Morgan fingerprint density at radius 1 is 1.22 bits per heavy atom. The zero-order chi connectivity index (χ0) is 19.0. The molecule has 2 amide bonds. The molecule has 138 valence electrons. The Morgan fingerprint density at radius 3 is 2.81 bits per heavy atom. The first-order valence-corrected chi connectivity index (χ1v) is 9.66. The van der Waals surface area contributed by atoms with Gasteiger partial charge in [-0.1, -0.05) is 41.1 Å². The van der Waals surface area contributed by atoms with Gasteiger partial charge in [0, 0.05) is 16.4 Å². The highest BCUT2D eigenvalue weighted by atomic mass is 79.9. The van der Waals surface area contributed by atoms with Crippen molar-refractivity contribution >= 4 is 27.6 Å². The predicted molar refractivity (Wildman–Crippen MR) is 107 cm³/mol. The second-order valence-electron chi connectivity index (χ2n) is 6.54. The first-order valence-electron chi connectivity index (χ1n) is 8.86. The van der Waals surface area contributed by atoms with E-state index in [9.17, 15) is 9.18 Å². The van der Waals surface area contributed by atoms with Crippen LogP contribution in [0.25, 0.3) is 5.69 Å². The number of aromatic nitrogens is 1. The second-order valence-corrected chi connectivity index (χ2v) is 7.45. The fourth-order valence-corrected chi connectivity index (χ4v) is 3.97. The van der Waals surface area contributed by atoms with E-state index in [1.807, 2.05) is 36.5 Å². The van der Waals surface area contributed by atoms with E-state index in [0.29, 0.717) is 11.0 Å². The molecular formula is C21H19BrFN3O. The Bertz CT molecular complexity index is 1000. The summed E-state index contributed by atoms with van der Waals surface area (Å²) in [5.41, 5.74) is 3.35. The molecular weight excluding hydrogens is 409 g/mol. The number of nitrogens with one attached hydrogen (secondary N) is 1. The van der Waals surface area contributed by atoms with E-state index in [1.165, 1.54) is 6.07 Å². The molecule has 0 spiro atoms. The van der Waals surface area contributed by atoms with Crippen LogP contribution < -0.4 is 5.32 Å². The Hall–Kier alpha value is -2.60. The predicted octanol–water partition coefficient (Wildman–Crippen LogP) is 5.88. The summed E-state index contributed by atoms with van der Waals surface area (Å²) in [6, 6.07) is 16.3. The fraction of sp³-hybridized carbons (Fsp3) is 0.190. The second kappa shape index (κ2) is 7.19. The smallest absolute Gasteiger partial charge is 0.318 e. The van der Waals surface area contributed by atoms with Crippen LogP contribution in [-0.2, 0) is 6.54 Å². The van der Waals surface area contributed by atoms with E-state index < -0.39 is 5.82 Å². The summed E-state index contributed by atoms with van der Waals surface area (Å²) in [6.07, 6.45) is 2.78. The summed E-state index contributed by atoms with van der Waals surface area (Å²) >= 11 is 3.24. The molecule has 4 rings (SSSR count). The van der Waals surface area contributed by atoms with Crippen LogP contribution in [0, 0.1) is 5.82 Å². The first kappa shape index (κ1) is 17.8. The molecule has 1 N–H and O–H groups in total. The van der Waals surface area contributed by atoms with E-state index >= 15 is 0 Å². The van der Waals surface area contributed by atoms with E-state index in [2.05, 4.69) is 38.8 Å². The van der Waals surface area contributed by atoms with Crippen LogP contribution in [0.15, 0.2) is 65.3 Å². The van der Waals surface area contributed by atoms with Gasteiger partial charge < -0.3 is 14.8 Å². The van der Waals surface area contributed by atoms with Crippen LogP contribution in [0.5, 0.6) is 0 Å². The van der Waals surface area contributed by atoms with Gasteiger partial charge in [0.2, 0.25) is 0 Å². The number of amides is 2. The van der Waals surface area contributed by atoms with Gasteiger partial charge in [0.15, 0.2) is 0 Å². The van der Waals surface area contributed by atoms with Crippen LogP contribution in [0.1, 0.15) is 30.6 Å². The molecule has 1 atom stereocenters. The Labute approximate surface area is 165 Å². The third-order valence-electron chi connectivity index (χ3n) is 4.91. The third-order valence-corrected chi connectivity index (χ3v) is 5.40. The van der Waals surface area contributed by atoms with Crippen molar-refractivity contribution in [2.24, 2.45) is 0 Å². The summed E-state index contributed by atoms with van der Waals surface area (Å²) in [4.78, 5) is 14.9. The third kappa shape index (κ3) is 3.25. The minimum absolute atomic E-state index is 0.106. The van der Waals surface area contributed by atoms with Crippen molar-refractivity contribution in [3.05, 3.63) is 82.3 Å². The van der Waals surface area contributed by atoms with Crippen molar-refractivity contribution in [3.63, 3.8) is 0 Å². The van der Waals surface area contributed by atoms with Crippen molar-refractivity contribution in [2.75, 3.05) is 5.32 Å². The zero-order valence-electron chi connectivity index (χ0n) is 14.8. The minimum Gasteiger partial charge on any atom is -0.318 e. The number of urea groups is 1. The van der Waals surface area contributed by atoms with Crippen molar-refractivity contribution < 1.29 is 9.18 Å². The van der Waals surface area contributed by atoms with Gasteiger partial charge in [0.05, 0.1) is 24.0 Å². The lowest BCUT2D eigenvalue weighted by atomic mass is 10.1. The van der Waals surface area contributed by atoms with Crippen molar-refractivity contribution in [1.82, 2.24) is 9.47 Å². The molecule has 0 fully saturated rings. The molecule has 1 aliphatic heterocycles. The highest BCUT2D eigenvalue weighted by Crippen LogP contribution is 2.34. The molecule has 27 heavy (non-hydrogen) atoms. The van der Waals surface area contributed by atoms with E-state index in [4.69, 9.17) is 0 Å². The molecule has 0 radical (unpaired) electrons. The van der Waals surface area contributed by atoms with Gasteiger partial charge in [0.1, 0.15) is 5.82 Å².